The van der Waals surface area contributed by atoms with Crippen LogP contribution >= 0.6 is 11.6 Å². The lowest BCUT2D eigenvalue weighted by Crippen LogP contribution is -2.14. The second kappa shape index (κ2) is 11.3. The summed E-state index contributed by atoms with van der Waals surface area (Å²) in [4.78, 5) is 14.2. The standard InChI is InChI=1S/C26H32ClN7/c1-4-7-22(5-2)34-24-23(32-26(34)30-16-19-8-6-9-20(27)14-19)17-29-25(33-24)31-21-12-10-18(11-13-21)15-28-3/h6,8-14,17,22,28H,4-5,7,15-16H2,1-3H3,(H,30,32)(H,29,31,33). The normalized spacial score (nSPS) is 12.1. The van der Waals surface area contributed by atoms with E-state index >= 15 is 0 Å². The van der Waals surface area contributed by atoms with E-state index in [4.69, 9.17) is 21.6 Å². The first-order valence-corrected chi connectivity index (χ1v) is 12.2. The maximum atomic E-state index is 6.17. The maximum absolute atomic E-state index is 6.17. The number of nitrogens with zero attached hydrogens (tertiary/aromatic N) is 4. The van der Waals surface area contributed by atoms with Gasteiger partial charge < -0.3 is 16.0 Å². The van der Waals surface area contributed by atoms with Gasteiger partial charge in [-0.2, -0.15) is 4.98 Å². The van der Waals surface area contributed by atoms with E-state index in [0.717, 1.165) is 59.2 Å². The molecule has 0 aliphatic heterocycles. The van der Waals surface area contributed by atoms with Crippen LogP contribution in [0.15, 0.2) is 54.7 Å². The molecule has 4 aromatic rings. The smallest absolute Gasteiger partial charge is 0.229 e. The minimum Gasteiger partial charge on any atom is -0.352 e. The van der Waals surface area contributed by atoms with Crippen molar-refractivity contribution in [3.05, 3.63) is 70.9 Å². The summed E-state index contributed by atoms with van der Waals surface area (Å²) >= 11 is 6.17. The molecule has 1 unspecified atom stereocenters. The van der Waals surface area contributed by atoms with Crippen molar-refractivity contribution in [1.29, 1.82) is 0 Å². The predicted molar refractivity (Wildman–Crippen MR) is 141 cm³/mol. The summed E-state index contributed by atoms with van der Waals surface area (Å²) in [5, 5.41) is 10.7. The van der Waals surface area contributed by atoms with Gasteiger partial charge in [0.1, 0.15) is 5.52 Å². The lowest BCUT2D eigenvalue weighted by molar-refractivity contribution is 0.459. The van der Waals surface area contributed by atoms with Gasteiger partial charge in [0.15, 0.2) is 5.65 Å². The van der Waals surface area contributed by atoms with Crippen molar-refractivity contribution >= 4 is 40.3 Å². The Bertz CT molecular complexity index is 1220. The lowest BCUT2D eigenvalue weighted by Gasteiger charge is -2.20. The van der Waals surface area contributed by atoms with E-state index in [0.29, 0.717) is 18.5 Å². The molecule has 2 aromatic carbocycles. The summed E-state index contributed by atoms with van der Waals surface area (Å²) in [5.41, 5.74) is 4.88. The summed E-state index contributed by atoms with van der Waals surface area (Å²) in [5.74, 6) is 1.36. The molecule has 0 spiro atoms. The SMILES string of the molecule is CCCC(CC)n1c(NCc2cccc(Cl)c2)nc2cnc(Nc3ccc(CNC)cc3)nc21. The third-order valence-corrected chi connectivity index (χ3v) is 6.06. The molecular formula is C26H32ClN7. The minimum atomic E-state index is 0.292. The van der Waals surface area contributed by atoms with E-state index in [2.05, 4.69) is 57.5 Å². The zero-order valence-corrected chi connectivity index (χ0v) is 20.7. The molecule has 2 aromatic heterocycles. The van der Waals surface area contributed by atoms with Gasteiger partial charge in [-0.1, -0.05) is 56.1 Å². The number of hydrogen-bond donors (Lipinski definition) is 3. The van der Waals surface area contributed by atoms with Crippen molar-refractivity contribution in [3.8, 4) is 0 Å². The monoisotopic (exact) mass is 477 g/mol. The first-order valence-electron chi connectivity index (χ1n) is 11.8. The van der Waals surface area contributed by atoms with Crippen molar-refractivity contribution in [2.75, 3.05) is 17.7 Å². The Kier molecular flexibility index (Phi) is 7.98. The van der Waals surface area contributed by atoms with E-state index in [1.807, 2.05) is 37.4 Å². The van der Waals surface area contributed by atoms with E-state index in [1.165, 1.54) is 5.56 Å². The van der Waals surface area contributed by atoms with Gasteiger partial charge in [-0.15, -0.1) is 0 Å². The molecular weight excluding hydrogens is 446 g/mol. The highest BCUT2D eigenvalue weighted by atomic mass is 35.5. The van der Waals surface area contributed by atoms with Crippen LogP contribution in [0.5, 0.6) is 0 Å². The van der Waals surface area contributed by atoms with Gasteiger partial charge in [-0.25, -0.2) is 9.97 Å². The second-order valence-corrected chi connectivity index (χ2v) is 8.83. The number of anilines is 3. The predicted octanol–water partition coefficient (Wildman–Crippen LogP) is 6.31. The fourth-order valence-electron chi connectivity index (χ4n) is 4.14. The Morgan fingerprint density at radius 2 is 1.82 bits per heavy atom. The zero-order chi connectivity index (χ0) is 23.9. The first-order chi connectivity index (χ1) is 16.6. The average Bonchev–Trinajstić information content (AvgIpc) is 3.20. The van der Waals surface area contributed by atoms with Crippen molar-refractivity contribution in [3.63, 3.8) is 0 Å². The van der Waals surface area contributed by atoms with Crippen LogP contribution in [0.25, 0.3) is 11.2 Å². The molecule has 0 aliphatic carbocycles. The molecule has 8 heteroatoms. The van der Waals surface area contributed by atoms with Crippen molar-refractivity contribution in [1.82, 2.24) is 24.8 Å². The average molecular weight is 478 g/mol. The lowest BCUT2D eigenvalue weighted by atomic mass is 10.1. The molecule has 7 nitrogen and oxygen atoms in total. The molecule has 34 heavy (non-hydrogen) atoms. The van der Waals surface area contributed by atoms with E-state index in [1.54, 1.807) is 6.20 Å². The van der Waals surface area contributed by atoms with Crippen LogP contribution in [-0.2, 0) is 13.1 Å². The molecule has 1 atom stereocenters. The van der Waals surface area contributed by atoms with E-state index in [9.17, 15) is 0 Å². The molecule has 0 aliphatic rings. The molecule has 2 heterocycles. The largest absolute Gasteiger partial charge is 0.352 e. The fraction of sp³-hybridized carbons (Fsp3) is 0.346. The van der Waals surface area contributed by atoms with Gasteiger partial charge in [0.05, 0.1) is 6.20 Å². The number of rotatable bonds is 11. The van der Waals surface area contributed by atoms with Gasteiger partial charge in [-0.3, -0.25) is 4.57 Å². The Morgan fingerprint density at radius 3 is 2.53 bits per heavy atom. The first kappa shape index (κ1) is 24.0. The molecule has 0 fully saturated rings. The number of nitrogens with one attached hydrogen (secondary N) is 3. The number of fused-ring (bicyclic) bond motifs is 1. The number of benzene rings is 2. The summed E-state index contributed by atoms with van der Waals surface area (Å²) < 4.78 is 2.23. The molecule has 3 N–H and O–H groups in total. The Balaban J connectivity index is 1.65. The quantitative estimate of drug-likeness (QED) is 0.235. The summed E-state index contributed by atoms with van der Waals surface area (Å²) in [6, 6.07) is 16.4. The highest BCUT2D eigenvalue weighted by molar-refractivity contribution is 6.30. The summed E-state index contributed by atoms with van der Waals surface area (Å²) in [6.07, 6.45) is 4.92. The molecule has 0 saturated carbocycles. The molecule has 178 valence electrons. The van der Waals surface area contributed by atoms with Crippen LogP contribution in [0.4, 0.5) is 17.6 Å². The molecule has 0 bridgehead atoms. The van der Waals surface area contributed by atoms with Crippen LogP contribution in [-0.4, -0.2) is 26.6 Å². The van der Waals surface area contributed by atoms with Gasteiger partial charge in [0.25, 0.3) is 0 Å². The molecule has 0 saturated heterocycles. The number of aromatic nitrogens is 4. The van der Waals surface area contributed by atoms with Crippen molar-refractivity contribution < 1.29 is 0 Å². The number of imidazole rings is 1. The Morgan fingerprint density at radius 1 is 1.00 bits per heavy atom. The Labute approximate surface area is 206 Å². The van der Waals surface area contributed by atoms with E-state index < -0.39 is 0 Å². The summed E-state index contributed by atoms with van der Waals surface area (Å²) in [7, 11) is 1.94. The molecule has 0 amide bonds. The van der Waals surface area contributed by atoms with Crippen molar-refractivity contribution in [2.45, 2.75) is 52.2 Å². The van der Waals surface area contributed by atoms with Gasteiger partial charge in [0.2, 0.25) is 11.9 Å². The van der Waals surface area contributed by atoms with Gasteiger partial charge >= 0.3 is 0 Å². The molecule has 0 radical (unpaired) electrons. The topological polar surface area (TPSA) is 79.7 Å². The highest BCUT2D eigenvalue weighted by Crippen LogP contribution is 2.29. The highest BCUT2D eigenvalue weighted by Gasteiger charge is 2.20. The van der Waals surface area contributed by atoms with Crippen LogP contribution in [0.2, 0.25) is 5.02 Å². The van der Waals surface area contributed by atoms with Gasteiger partial charge in [0, 0.05) is 29.8 Å². The third-order valence-electron chi connectivity index (χ3n) is 5.82. The third kappa shape index (κ3) is 5.66. The zero-order valence-electron chi connectivity index (χ0n) is 20.0. The second-order valence-electron chi connectivity index (χ2n) is 8.39. The van der Waals surface area contributed by atoms with Crippen molar-refractivity contribution in [2.24, 2.45) is 0 Å². The van der Waals surface area contributed by atoms with Crippen LogP contribution in [0.3, 0.4) is 0 Å². The Hall–Kier alpha value is -3.16. The number of hydrogen-bond acceptors (Lipinski definition) is 6. The minimum absolute atomic E-state index is 0.292. The fourth-order valence-corrected chi connectivity index (χ4v) is 4.35. The summed E-state index contributed by atoms with van der Waals surface area (Å²) in [6.45, 7) is 5.88. The van der Waals surface area contributed by atoms with Crippen LogP contribution in [0.1, 0.15) is 50.3 Å². The van der Waals surface area contributed by atoms with E-state index in [-0.39, 0.29) is 0 Å². The van der Waals surface area contributed by atoms with Gasteiger partial charge in [-0.05, 0) is 55.3 Å². The molecule has 4 rings (SSSR count). The van der Waals surface area contributed by atoms with Crippen LogP contribution in [0, 0.1) is 0 Å². The van der Waals surface area contributed by atoms with Crippen LogP contribution < -0.4 is 16.0 Å². The number of halogens is 1. The maximum Gasteiger partial charge on any atom is 0.229 e.